The molecule has 0 atom stereocenters. The summed E-state index contributed by atoms with van der Waals surface area (Å²) >= 11 is 5.65. The van der Waals surface area contributed by atoms with E-state index in [0.717, 1.165) is 0 Å². The van der Waals surface area contributed by atoms with Gasteiger partial charge in [0, 0.05) is 6.07 Å². The Balaban J connectivity index is 3.20. The highest BCUT2D eigenvalue weighted by Gasteiger charge is 1.90. The van der Waals surface area contributed by atoms with Crippen LogP contribution in [0.5, 0.6) is 0 Å². The van der Waals surface area contributed by atoms with Crippen molar-refractivity contribution < 1.29 is 0 Å². The van der Waals surface area contributed by atoms with Gasteiger partial charge in [-0.2, -0.15) is 0 Å². The fourth-order valence-electron chi connectivity index (χ4n) is 0.527. The third-order valence-electron chi connectivity index (χ3n) is 0.950. The molecule has 0 heterocycles. The van der Waals surface area contributed by atoms with Gasteiger partial charge in [0.05, 0.1) is 10.6 Å². The molecule has 0 bridgehead atoms. The zero-order chi connectivity index (χ0) is 6.69. The first kappa shape index (κ1) is 6.19. The number of terminal acetylenes is 1. The third-order valence-corrected chi connectivity index (χ3v) is 1.26. The van der Waals surface area contributed by atoms with E-state index in [2.05, 4.69) is 12.0 Å². The molecule has 1 heteroatoms. The maximum absolute atomic E-state index is 5.65. The Kier molecular flexibility index (Phi) is 1.77. The minimum Gasteiger partial charge on any atom is -0.115 e. The van der Waals surface area contributed by atoms with Gasteiger partial charge in [0.2, 0.25) is 0 Å². The third kappa shape index (κ3) is 1.25. The van der Waals surface area contributed by atoms with Crippen molar-refractivity contribution in [3.63, 3.8) is 0 Å². The Morgan fingerprint density at radius 1 is 1.67 bits per heavy atom. The van der Waals surface area contributed by atoms with Crippen LogP contribution >= 0.6 is 11.6 Å². The van der Waals surface area contributed by atoms with Gasteiger partial charge in [-0.05, 0) is 6.07 Å². The number of hydrogen-bond donors (Lipinski definition) is 0. The van der Waals surface area contributed by atoms with Gasteiger partial charge in [0.25, 0.3) is 0 Å². The summed E-state index contributed by atoms with van der Waals surface area (Å²) in [6.45, 7) is 0. The van der Waals surface area contributed by atoms with Crippen molar-refractivity contribution in [3.05, 3.63) is 34.9 Å². The fraction of sp³-hybridized carbons (Fsp3) is 0. The van der Waals surface area contributed by atoms with Crippen molar-refractivity contribution in [2.75, 3.05) is 0 Å². The first-order chi connectivity index (χ1) is 4.34. The summed E-state index contributed by atoms with van der Waals surface area (Å²) < 4.78 is 0. The van der Waals surface area contributed by atoms with Crippen LogP contribution in [0.25, 0.3) is 0 Å². The molecule has 0 aliphatic heterocycles. The van der Waals surface area contributed by atoms with Gasteiger partial charge in [0.1, 0.15) is 0 Å². The maximum Gasteiger partial charge on any atom is 0.0568 e. The van der Waals surface area contributed by atoms with E-state index >= 15 is 0 Å². The van der Waals surface area contributed by atoms with Crippen LogP contribution in [0.4, 0.5) is 0 Å². The number of benzene rings is 1. The molecule has 0 nitrogen and oxygen atoms in total. The molecule has 0 saturated carbocycles. The predicted octanol–water partition coefficient (Wildman–Crippen LogP) is 2.12. The molecule has 43 valence electrons. The fourth-order valence-corrected chi connectivity index (χ4v) is 0.709. The van der Waals surface area contributed by atoms with Crippen LogP contribution in [0.15, 0.2) is 18.2 Å². The molecular weight excluding hydrogens is 132 g/mol. The highest BCUT2D eigenvalue weighted by Crippen LogP contribution is 2.11. The van der Waals surface area contributed by atoms with Gasteiger partial charge in [-0.3, -0.25) is 0 Å². The molecule has 0 unspecified atom stereocenters. The lowest BCUT2D eigenvalue weighted by atomic mass is 10.2. The second-order valence-corrected chi connectivity index (χ2v) is 1.94. The van der Waals surface area contributed by atoms with Crippen LogP contribution in [-0.4, -0.2) is 0 Å². The molecule has 9 heavy (non-hydrogen) atoms. The highest BCUT2D eigenvalue weighted by molar-refractivity contribution is 6.31. The van der Waals surface area contributed by atoms with Gasteiger partial charge in [-0.25, -0.2) is 0 Å². The molecule has 0 amide bonds. The summed E-state index contributed by atoms with van der Waals surface area (Å²) in [5.41, 5.74) is 0.624. The molecule has 0 fully saturated rings. The van der Waals surface area contributed by atoms with Gasteiger partial charge in [0.15, 0.2) is 0 Å². The zero-order valence-electron chi connectivity index (χ0n) is 4.69. The van der Waals surface area contributed by atoms with E-state index < -0.39 is 0 Å². The summed E-state index contributed by atoms with van der Waals surface area (Å²) in [4.78, 5) is 0. The summed E-state index contributed by atoms with van der Waals surface area (Å²) in [7, 11) is 0. The molecule has 0 saturated heterocycles. The topological polar surface area (TPSA) is 0 Å². The highest BCUT2D eigenvalue weighted by atomic mass is 35.5. The monoisotopic (exact) mass is 135 g/mol. The molecule has 1 aromatic rings. The van der Waals surface area contributed by atoms with Crippen molar-refractivity contribution in [2.45, 2.75) is 0 Å². The van der Waals surface area contributed by atoms with Crippen LogP contribution in [0, 0.1) is 18.4 Å². The number of hydrogen-bond acceptors (Lipinski definition) is 0. The van der Waals surface area contributed by atoms with E-state index in [1.165, 1.54) is 0 Å². The molecular formula is C8H4Cl. The van der Waals surface area contributed by atoms with E-state index in [1.807, 2.05) is 0 Å². The molecule has 0 aliphatic carbocycles. The average Bonchev–Trinajstić information content (AvgIpc) is 1.89. The van der Waals surface area contributed by atoms with Crippen LogP contribution < -0.4 is 0 Å². The van der Waals surface area contributed by atoms with Crippen LogP contribution in [0.1, 0.15) is 5.56 Å². The van der Waals surface area contributed by atoms with E-state index in [1.54, 1.807) is 18.2 Å². The Morgan fingerprint density at radius 3 is 2.89 bits per heavy atom. The lowest BCUT2D eigenvalue weighted by Gasteiger charge is -1.89. The average molecular weight is 136 g/mol. The minimum absolute atomic E-state index is 0.583. The Hall–Kier alpha value is -0.930. The molecule has 1 rings (SSSR count). The van der Waals surface area contributed by atoms with E-state index in [4.69, 9.17) is 18.0 Å². The second kappa shape index (κ2) is 2.57. The van der Waals surface area contributed by atoms with Gasteiger partial charge in [-0.1, -0.05) is 29.7 Å². The first-order valence-corrected chi connectivity index (χ1v) is 2.85. The summed E-state index contributed by atoms with van der Waals surface area (Å²) in [5.74, 6) is 2.41. The molecule has 0 aliphatic rings. The van der Waals surface area contributed by atoms with Crippen molar-refractivity contribution >= 4 is 11.6 Å². The maximum atomic E-state index is 5.65. The number of rotatable bonds is 0. The molecule has 0 spiro atoms. The van der Waals surface area contributed by atoms with Crippen molar-refractivity contribution in [1.82, 2.24) is 0 Å². The zero-order valence-corrected chi connectivity index (χ0v) is 5.44. The van der Waals surface area contributed by atoms with E-state index in [-0.39, 0.29) is 0 Å². The van der Waals surface area contributed by atoms with Gasteiger partial charge >= 0.3 is 0 Å². The summed E-state index contributed by atoms with van der Waals surface area (Å²) in [6.07, 6.45) is 5.08. The van der Waals surface area contributed by atoms with Crippen molar-refractivity contribution in [1.29, 1.82) is 0 Å². The van der Waals surface area contributed by atoms with Crippen LogP contribution in [0.2, 0.25) is 5.02 Å². The summed E-state index contributed by atoms with van der Waals surface area (Å²) in [5, 5.41) is 0.583. The number of halogens is 1. The summed E-state index contributed by atoms with van der Waals surface area (Å²) in [6, 6.07) is 8.09. The first-order valence-electron chi connectivity index (χ1n) is 2.47. The SMILES string of the molecule is C#Cc1[c]cccc1Cl. The van der Waals surface area contributed by atoms with Gasteiger partial charge < -0.3 is 0 Å². The van der Waals surface area contributed by atoms with Crippen LogP contribution in [-0.2, 0) is 0 Å². The van der Waals surface area contributed by atoms with Crippen LogP contribution in [0.3, 0.4) is 0 Å². The Bertz CT molecular complexity index is 245. The van der Waals surface area contributed by atoms with Crippen molar-refractivity contribution in [3.8, 4) is 12.3 Å². The van der Waals surface area contributed by atoms with E-state index in [0.29, 0.717) is 10.6 Å². The second-order valence-electron chi connectivity index (χ2n) is 1.54. The predicted molar refractivity (Wildman–Crippen MR) is 38.2 cm³/mol. The largest absolute Gasteiger partial charge is 0.115 e. The lowest BCUT2D eigenvalue weighted by molar-refractivity contribution is 1.63. The standard InChI is InChI=1S/C8H4Cl/c1-2-7-5-3-4-6-8(7)9/h1,3-4,6H. The van der Waals surface area contributed by atoms with Crippen molar-refractivity contribution in [2.24, 2.45) is 0 Å². The molecule has 1 aromatic carbocycles. The molecule has 0 aromatic heterocycles. The van der Waals surface area contributed by atoms with E-state index in [9.17, 15) is 0 Å². The normalized spacial score (nSPS) is 8.44. The Morgan fingerprint density at radius 2 is 2.44 bits per heavy atom. The molecule has 0 N–H and O–H groups in total. The molecule has 1 radical (unpaired) electrons. The Labute approximate surface area is 59.5 Å². The van der Waals surface area contributed by atoms with Gasteiger partial charge in [-0.15, -0.1) is 6.42 Å². The minimum atomic E-state index is 0.583. The quantitative estimate of drug-likeness (QED) is 0.478. The smallest absolute Gasteiger partial charge is 0.0568 e. The lowest BCUT2D eigenvalue weighted by Crippen LogP contribution is -1.72.